The Hall–Kier alpha value is -0.346. The monoisotopic (exact) mass is 247 g/mol. The van der Waals surface area contributed by atoms with Gasteiger partial charge in [-0.25, -0.2) is 0 Å². The highest BCUT2D eigenvalue weighted by molar-refractivity contribution is 7.20. The summed E-state index contributed by atoms with van der Waals surface area (Å²) in [4.78, 5) is 0. The molecule has 0 unspecified atom stereocenters. The van der Waals surface area contributed by atoms with Gasteiger partial charge >= 0.3 is 0 Å². The van der Waals surface area contributed by atoms with E-state index in [-0.39, 0.29) is 0 Å². The van der Waals surface area contributed by atoms with Gasteiger partial charge in [0.2, 0.25) is 0 Å². The topological polar surface area (TPSA) is 0 Å². The molecular weight excluding hydrogens is 224 g/mol. The second-order valence-electron chi connectivity index (χ2n) is 6.37. The fourth-order valence-electron chi connectivity index (χ4n) is 2.17. The summed E-state index contributed by atoms with van der Waals surface area (Å²) in [6.45, 7) is 14.4. The maximum absolute atomic E-state index is 2.41. The van der Waals surface area contributed by atoms with Crippen molar-refractivity contribution in [3.63, 3.8) is 0 Å². The Balaban J connectivity index is 2.89. The molecule has 0 spiro atoms. The van der Waals surface area contributed by atoms with Crippen molar-refractivity contribution >= 4 is 22.5 Å². The fraction of sp³-hybridized carbons (Fsp3) is 0.571. The van der Waals surface area contributed by atoms with Gasteiger partial charge in [0.1, 0.15) is 0 Å². The minimum atomic E-state index is -0.400. The highest BCUT2D eigenvalue weighted by Crippen LogP contribution is 2.40. The Morgan fingerprint density at radius 3 is 1.62 bits per heavy atom. The third-order valence-electron chi connectivity index (χ3n) is 2.54. The minimum absolute atomic E-state index is 0.400. The van der Waals surface area contributed by atoms with E-state index in [2.05, 4.69) is 71.9 Å². The van der Waals surface area contributed by atoms with Gasteiger partial charge in [-0.2, -0.15) is 0 Å². The summed E-state index contributed by atoms with van der Waals surface area (Å²) < 4.78 is 0. The predicted molar refractivity (Wildman–Crippen MR) is 77.0 cm³/mol. The summed E-state index contributed by atoms with van der Waals surface area (Å²) >= 11 is 0. The van der Waals surface area contributed by atoms with Gasteiger partial charge in [0, 0.05) is 0 Å². The summed E-state index contributed by atoms with van der Waals surface area (Å²) in [6.07, 6.45) is 0. The van der Waals surface area contributed by atoms with Crippen molar-refractivity contribution in [3.05, 3.63) is 30.3 Å². The number of hydrogen-bond acceptors (Lipinski definition) is 0. The highest BCUT2D eigenvalue weighted by Gasteiger charge is 2.36. The van der Waals surface area contributed by atoms with Crippen molar-refractivity contribution in [2.24, 2.45) is 0 Å². The number of benzene rings is 1. The van der Waals surface area contributed by atoms with Crippen molar-refractivity contribution in [1.82, 2.24) is 0 Å². The first-order valence-electron chi connectivity index (χ1n) is 5.91. The lowest BCUT2D eigenvalue weighted by Gasteiger charge is -2.39. The first-order valence-corrected chi connectivity index (χ1v) is 9.41. The van der Waals surface area contributed by atoms with Crippen LogP contribution < -0.4 is 5.19 Å². The smallest absolute Gasteiger partial charge is 0.0675 e. The molecule has 16 heavy (non-hydrogen) atoms. The lowest BCUT2D eigenvalue weighted by Crippen LogP contribution is -2.45. The standard InChI is InChI=1S/C14H23Si2/c1-13(2,3)16(14(4,5)6)15-12-10-8-7-9-11-12/h7-11H,1-6H3. The van der Waals surface area contributed by atoms with E-state index in [0.717, 1.165) is 9.04 Å². The second-order valence-corrected chi connectivity index (χ2v) is 13.2. The maximum Gasteiger partial charge on any atom is 0.0693 e. The molecule has 0 heterocycles. The Kier molecular flexibility index (Phi) is 4.19. The average Bonchev–Trinajstić information content (AvgIpc) is 2.12. The van der Waals surface area contributed by atoms with Gasteiger partial charge in [0.15, 0.2) is 0 Å². The van der Waals surface area contributed by atoms with Gasteiger partial charge in [0.05, 0.1) is 17.4 Å². The Morgan fingerprint density at radius 2 is 1.25 bits per heavy atom. The van der Waals surface area contributed by atoms with E-state index in [0.29, 0.717) is 10.1 Å². The third kappa shape index (κ3) is 3.91. The van der Waals surface area contributed by atoms with E-state index in [4.69, 9.17) is 0 Å². The summed E-state index contributed by atoms with van der Waals surface area (Å²) in [5.41, 5.74) is 0. The predicted octanol–water partition coefficient (Wildman–Crippen LogP) is 3.61. The molecule has 3 radical (unpaired) electrons. The van der Waals surface area contributed by atoms with E-state index < -0.39 is 8.31 Å². The zero-order valence-electron chi connectivity index (χ0n) is 11.4. The van der Waals surface area contributed by atoms with E-state index in [1.54, 1.807) is 0 Å². The van der Waals surface area contributed by atoms with Crippen LogP contribution in [0.2, 0.25) is 10.1 Å². The van der Waals surface area contributed by atoms with Crippen LogP contribution in [0.4, 0.5) is 0 Å². The molecule has 0 amide bonds. The zero-order chi connectivity index (χ0) is 12.4. The van der Waals surface area contributed by atoms with Gasteiger partial charge < -0.3 is 0 Å². The number of hydrogen-bond donors (Lipinski definition) is 0. The van der Waals surface area contributed by atoms with Gasteiger partial charge in [-0.05, 0) is 10.1 Å². The van der Waals surface area contributed by atoms with Crippen LogP contribution in [-0.2, 0) is 0 Å². The molecule has 0 fully saturated rings. The van der Waals surface area contributed by atoms with E-state index in [9.17, 15) is 0 Å². The minimum Gasteiger partial charge on any atom is -0.0675 e. The molecule has 1 aromatic rings. The fourth-order valence-corrected chi connectivity index (χ4v) is 9.43. The van der Waals surface area contributed by atoms with E-state index in [1.165, 1.54) is 5.19 Å². The third-order valence-corrected chi connectivity index (χ3v) is 12.5. The van der Waals surface area contributed by atoms with Crippen LogP contribution in [0.25, 0.3) is 0 Å². The molecule has 1 aromatic carbocycles. The van der Waals surface area contributed by atoms with Gasteiger partial charge in [-0.1, -0.05) is 77.1 Å². The number of rotatable bonds is 2. The molecule has 0 aliphatic heterocycles. The van der Waals surface area contributed by atoms with Crippen molar-refractivity contribution in [3.8, 4) is 0 Å². The van der Waals surface area contributed by atoms with Crippen molar-refractivity contribution in [1.29, 1.82) is 0 Å². The largest absolute Gasteiger partial charge is 0.0693 e. The van der Waals surface area contributed by atoms with Crippen LogP contribution >= 0.6 is 0 Å². The zero-order valence-corrected chi connectivity index (χ0v) is 13.4. The molecular formula is C14H23Si2. The summed E-state index contributed by atoms with van der Waals surface area (Å²) in [5, 5.41) is 2.47. The lowest BCUT2D eigenvalue weighted by atomic mass is 10.2. The molecule has 87 valence electrons. The first kappa shape index (κ1) is 13.7. The van der Waals surface area contributed by atoms with E-state index in [1.807, 2.05) is 0 Å². The van der Waals surface area contributed by atoms with Crippen molar-refractivity contribution < 1.29 is 0 Å². The van der Waals surface area contributed by atoms with Gasteiger partial charge in [-0.3, -0.25) is 0 Å². The molecule has 0 aromatic heterocycles. The maximum atomic E-state index is 2.41. The first-order chi connectivity index (χ1) is 7.21. The van der Waals surface area contributed by atoms with E-state index >= 15 is 0 Å². The van der Waals surface area contributed by atoms with Crippen LogP contribution in [-0.4, -0.2) is 17.4 Å². The lowest BCUT2D eigenvalue weighted by molar-refractivity contribution is 0.660. The highest BCUT2D eigenvalue weighted by atomic mass is 29.2. The molecule has 0 N–H and O–H groups in total. The molecule has 0 atom stereocenters. The van der Waals surface area contributed by atoms with Crippen LogP contribution in [0, 0.1) is 0 Å². The van der Waals surface area contributed by atoms with Gasteiger partial charge in [-0.15, -0.1) is 0 Å². The summed E-state index contributed by atoms with van der Waals surface area (Å²) in [5.74, 6) is 0. The van der Waals surface area contributed by atoms with Crippen molar-refractivity contribution in [2.75, 3.05) is 0 Å². The average molecular weight is 248 g/mol. The van der Waals surface area contributed by atoms with Crippen LogP contribution in [0.5, 0.6) is 0 Å². The molecule has 0 saturated heterocycles. The summed E-state index contributed by atoms with van der Waals surface area (Å²) in [6, 6.07) is 11.0. The van der Waals surface area contributed by atoms with Crippen molar-refractivity contribution in [2.45, 2.75) is 51.6 Å². The van der Waals surface area contributed by atoms with Gasteiger partial charge in [0.25, 0.3) is 0 Å². The molecule has 0 aliphatic rings. The second kappa shape index (κ2) is 4.88. The Bertz CT molecular complexity index is 303. The molecule has 0 nitrogen and oxygen atoms in total. The normalized spacial score (nSPS) is 13.2. The quantitative estimate of drug-likeness (QED) is 0.701. The van der Waals surface area contributed by atoms with Crippen LogP contribution in [0.15, 0.2) is 30.3 Å². The van der Waals surface area contributed by atoms with Crippen LogP contribution in [0.1, 0.15) is 41.5 Å². The molecule has 1 rings (SSSR count). The molecule has 0 saturated carbocycles. The Morgan fingerprint density at radius 1 is 0.812 bits per heavy atom. The SMILES string of the molecule is CC(C)(C)[Si]([Si]c1ccccc1)C(C)(C)C. The Labute approximate surface area is 105 Å². The molecule has 2 heteroatoms. The van der Waals surface area contributed by atoms with Crippen LogP contribution in [0.3, 0.4) is 0 Å². The molecule has 0 bridgehead atoms. The molecule has 0 aliphatic carbocycles. The summed E-state index contributed by atoms with van der Waals surface area (Å²) in [7, 11) is 0.600.